The molecule has 2 heterocycles. The van der Waals surface area contributed by atoms with E-state index in [4.69, 9.17) is 0 Å². The van der Waals surface area contributed by atoms with E-state index in [1.54, 1.807) is 31.2 Å². The number of aromatic nitrogens is 2. The maximum absolute atomic E-state index is 12.2. The molecule has 0 saturated heterocycles. The Labute approximate surface area is 107 Å². The molecule has 0 unspecified atom stereocenters. The third-order valence-electron chi connectivity index (χ3n) is 2.89. The molecule has 0 radical (unpaired) electrons. The van der Waals surface area contributed by atoms with Crippen molar-refractivity contribution in [3.05, 3.63) is 57.6 Å². The number of aromatic amines is 1. The first-order chi connectivity index (χ1) is 9.08. The second-order valence-corrected chi connectivity index (χ2v) is 4.22. The van der Waals surface area contributed by atoms with Crippen LogP contribution in [0.15, 0.2) is 35.1 Å². The fourth-order valence-corrected chi connectivity index (χ4v) is 2.07. The first-order valence-electron chi connectivity index (χ1n) is 5.64. The molecule has 1 aromatic heterocycles. The number of nitrogens with zero attached hydrogens (tertiary/aromatic N) is 2. The van der Waals surface area contributed by atoms with E-state index in [9.17, 15) is 14.4 Å². The number of fused-ring (bicyclic) bond motifs is 1. The zero-order valence-electron chi connectivity index (χ0n) is 10.0. The number of H-pyrrole nitrogens is 1. The molecule has 19 heavy (non-hydrogen) atoms. The van der Waals surface area contributed by atoms with Gasteiger partial charge >= 0.3 is 5.69 Å². The highest BCUT2D eigenvalue weighted by Gasteiger charge is 2.37. The van der Waals surface area contributed by atoms with Crippen molar-refractivity contribution in [1.82, 2.24) is 9.97 Å². The Morgan fingerprint density at radius 1 is 1.05 bits per heavy atom. The summed E-state index contributed by atoms with van der Waals surface area (Å²) in [6.07, 6.45) is 0. The molecular weight excluding hydrogens is 246 g/mol. The number of anilines is 1. The SMILES string of the molecule is Cc1cc(N2C(=O)c3ccccc3C2=O)nc(=O)[nH]1. The smallest absolute Gasteiger partial charge is 0.310 e. The maximum Gasteiger partial charge on any atom is 0.347 e. The van der Waals surface area contributed by atoms with Gasteiger partial charge in [-0.1, -0.05) is 12.1 Å². The van der Waals surface area contributed by atoms with Gasteiger partial charge in [0.1, 0.15) is 5.82 Å². The quantitative estimate of drug-likeness (QED) is 0.767. The van der Waals surface area contributed by atoms with Crippen molar-refractivity contribution < 1.29 is 9.59 Å². The number of carbonyl (C=O) groups is 2. The highest BCUT2D eigenvalue weighted by atomic mass is 16.2. The molecule has 2 amide bonds. The lowest BCUT2D eigenvalue weighted by molar-refractivity contribution is 0.0925. The summed E-state index contributed by atoms with van der Waals surface area (Å²) < 4.78 is 0. The summed E-state index contributed by atoms with van der Waals surface area (Å²) in [6, 6.07) is 8.02. The second-order valence-electron chi connectivity index (χ2n) is 4.22. The van der Waals surface area contributed by atoms with Gasteiger partial charge in [-0.15, -0.1) is 0 Å². The monoisotopic (exact) mass is 255 g/mol. The standard InChI is InChI=1S/C13H9N3O3/c1-7-6-10(15-13(19)14-7)16-11(17)8-4-2-3-5-9(8)12(16)18/h2-6H,1H3,(H,14,15,19). The molecular formula is C13H9N3O3. The van der Waals surface area contributed by atoms with E-state index in [2.05, 4.69) is 9.97 Å². The van der Waals surface area contributed by atoms with Gasteiger partial charge in [-0.3, -0.25) is 9.59 Å². The number of carbonyl (C=O) groups excluding carboxylic acids is 2. The molecule has 0 spiro atoms. The molecule has 0 bridgehead atoms. The lowest BCUT2D eigenvalue weighted by Gasteiger charge is -2.12. The van der Waals surface area contributed by atoms with Crippen molar-refractivity contribution >= 4 is 17.6 Å². The van der Waals surface area contributed by atoms with E-state index < -0.39 is 17.5 Å². The Bertz CT molecular complexity index is 729. The number of hydrogen-bond donors (Lipinski definition) is 1. The van der Waals surface area contributed by atoms with Crippen molar-refractivity contribution in [3.8, 4) is 0 Å². The minimum atomic E-state index is -0.591. The van der Waals surface area contributed by atoms with Gasteiger partial charge in [-0.2, -0.15) is 4.98 Å². The molecule has 0 aliphatic carbocycles. The summed E-state index contributed by atoms with van der Waals surface area (Å²) in [7, 11) is 0. The van der Waals surface area contributed by atoms with E-state index in [-0.39, 0.29) is 5.82 Å². The number of aryl methyl sites for hydroxylation is 1. The van der Waals surface area contributed by atoms with Gasteiger partial charge in [-0.25, -0.2) is 9.69 Å². The van der Waals surface area contributed by atoms with Crippen molar-refractivity contribution in [2.45, 2.75) is 6.92 Å². The highest BCUT2D eigenvalue weighted by molar-refractivity contribution is 6.34. The third kappa shape index (κ3) is 1.65. The van der Waals surface area contributed by atoms with Crippen molar-refractivity contribution in [1.29, 1.82) is 0 Å². The Morgan fingerprint density at radius 2 is 1.63 bits per heavy atom. The molecule has 1 aliphatic heterocycles. The number of amides is 2. The van der Waals surface area contributed by atoms with Crippen LogP contribution in [0.5, 0.6) is 0 Å². The third-order valence-corrected chi connectivity index (χ3v) is 2.89. The van der Waals surface area contributed by atoms with Crippen LogP contribution in [0.25, 0.3) is 0 Å². The molecule has 0 fully saturated rings. The zero-order valence-corrected chi connectivity index (χ0v) is 10.0. The van der Waals surface area contributed by atoms with Gasteiger partial charge in [0.2, 0.25) is 0 Å². The van der Waals surface area contributed by atoms with E-state index in [1.807, 2.05) is 0 Å². The first kappa shape index (κ1) is 11.3. The number of hydrogen-bond acceptors (Lipinski definition) is 4. The Hall–Kier alpha value is -2.76. The normalized spacial score (nSPS) is 13.8. The lowest BCUT2D eigenvalue weighted by Crippen LogP contribution is -2.32. The molecule has 1 aliphatic rings. The molecule has 0 saturated carbocycles. The summed E-state index contributed by atoms with van der Waals surface area (Å²) in [5, 5.41) is 0. The fourth-order valence-electron chi connectivity index (χ4n) is 2.07. The van der Waals surface area contributed by atoms with Crippen LogP contribution in [0.2, 0.25) is 0 Å². The Balaban J connectivity index is 2.16. The molecule has 1 aromatic carbocycles. The van der Waals surface area contributed by atoms with Crippen LogP contribution in [0.4, 0.5) is 5.82 Å². The molecule has 1 N–H and O–H groups in total. The van der Waals surface area contributed by atoms with E-state index >= 15 is 0 Å². The van der Waals surface area contributed by atoms with Crippen LogP contribution in [-0.4, -0.2) is 21.8 Å². The lowest BCUT2D eigenvalue weighted by atomic mass is 10.1. The Morgan fingerprint density at radius 3 is 2.16 bits per heavy atom. The van der Waals surface area contributed by atoms with Crippen molar-refractivity contribution in [3.63, 3.8) is 0 Å². The van der Waals surface area contributed by atoms with Gasteiger partial charge in [0, 0.05) is 11.8 Å². The summed E-state index contributed by atoms with van der Waals surface area (Å²) >= 11 is 0. The predicted octanol–water partition coefficient (Wildman–Crippen LogP) is 0.879. The summed E-state index contributed by atoms with van der Waals surface area (Å²) in [6.45, 7) is 1.66. The molecule has 3 rings (SSSR count). The summed E-state index contributed by atoms with van der Waals surface area (Å²) in [5.74, 6) is -0.872. The van der Waals surface area contributed by atoms with Gasteiger partial charge in [0.05, 0.1) is 11.1 Å². The molecule has 0 atom stereocenters. The van der Waals surface area contributed by atoms with Gasteiger partial charge in [0.25, 0.3) is 11.8 Å². The van der Waals surface area contributed by atoms with Gasteiger partial charge in [-0.05, 0) is 19.1 Å². The zero-order chi connectivity index (χ0) is 13.6. The summed E-state index contributed by atoms with van der Waals surface area (Å²) in [5.41, 5.74) is 0.595. The first-order valence-corrected chi connectivity index (χ1v) is 5.64. The van der Waals surface area contributed by atoms with Crippen LogP contribution >= 0.6 is 0 Å². The van der Waals surface area contributed by atoms with E-state index in [1.165, 1.54) is 6.07 Å². The number of imide groups is 1. The average Bonchev–Trinajstić information content (AvgIpc) is 2.61. The number of benzene rings is 1. The van der Waals surface area contributed by atoms with Crippen LogP contribution in [0.3, 0.4) is 0 Å². The van der Waals surface area contributed by atoms with Crippen LogP contribution in [0.1, 0.15) is 26.4 Å². The van der Waals surface area contributed by atoms with Crippen LogP contribution in [0, 0.1) is 6.92 Å². The average molecular weight is 255 g/mol. The number of rotatable bonds is 1. The highest BCUT2D eigenvalue weighted by Crippen LogP contribution is 2.26. The predicted molar refractivity (Wildman–Crippen MR) is 67.2 cm³/mol. The minimum absolute atomic E-state index is 0.0486. The molecule has 6 heteroatoms. The molecule has 6 nitrogen and oxygen atoms in total. The second kappa shape index (κ2) is 3.88. The number of nitrogens with one attached hydrogen (secondary N) is 1. The van der Waals surface area contributed by atoms with Crippen LogP contribution in [-0.2, 0) is 0 Å². The van der Waals surface area contributed by atoms with Gasteiger partial charge in [0.15, 0.2) is 0 Å². The van der Waals surface area contributed by atoms with Gasteiger partial charge < -0.3 is 4.98 Å². The Kier molecular flexibility index (Phi) is 2.31. The van der Waals surface area contributed by atoms with E-state index in [0.29, 0.717) is 16.8 Å². The van der Waals surface area contributed by atoms with Crippen molar-refractivity contribution in [2.75, 3.05) is 4.90 Å². The van der Waals surface area contributed by atoms with Crippen molar-refractivity contribution in [2.24, 2.45) is 0 Å². The maximum atomic E-state index is 12.2. The minimum Gasteiger partial charge on any atom is -0.310 e. The molecule has 2 aromatic rings. The largest absolute Gasteiger partial charge is 0.347 e. The molecule has 94 valence electrons. The van der Waals surface area contributed by atoms with Crippen LogP contribution < -0.4 is 10.6 Å². The van der Waals surface area contributed by atoms with E-state index in [0.717, 1.165) is 4.90 Å². The summed E-state index contributed by atoms with van der Waals surface area (Å²) in [4.78, 5) is 42.8. The fraction of sp³-hybridized carbons (Fsp3) is 0.0769. The topological polar surface area (TPSA) is 83.1 Å².